The minimum atomic E-state index is -1.08. The zero-order valence-corrected chi connectivity index (χ0v) is 13.6. The average Bonchev–Trinajstić information content (AvgIpc) is 2.20. The largest absolute Gasteiger partial charge is 0.544 e. The minimum absolute atomic E-state index is 0.106. The number of aliphatic carboxylic acids is 1. The van der Waals surface area contributed by atoms with Crippen molar-refractivity contribution in [1.82, 2.24) is 0 Å². The zero-order valence-electron chi connectivity index (χ0n) is 10.4. The second-order valence-corrected chi connectivity index (χ2v) is 6.77. The first-order valence-corrected chi connectivity index (χ1v) is 6.90. The zero-order chi connectivity index (χ0) is 14.1. The van der Waals surface area contributed by atoms with Crippen LogP contribution in [0.4, 0.5) is 0 Å². The summed E-state index contributed by atoms with van der Waals surface area (Å²) < 4.78 is 1.34. The van der Waals surface area contributed by atoms with E-state index in [4.69, 9.17) is 0 Å². The van der Waals surface area contributed by atoms with Gasteiger partial charge in [0.2, 0.25) is 0 Å². The number of phenolic OH excluding ortho intramolecular Hbond substituents is 1. The lowest BCUT2D eigenvalue weighted by atomic mass is 10.0. The molecule has 0 bridgehead atoms. The molecule has 0 aliphatic carbocycles. The maximum atomic E-state index is 11.2. The van der Waals surface area contributed by atoms with Crippen LogP contribution in [0.2, 0.25) is 0 Å². The van der Waals surface area contributed by atoms with Gasteiger partial charge in [0.1, 0.15) is 11.8 Å². The van der Waals surface area contributed by atoms with Crippen LogP contribution in [-0.4, -0.2) is 42.7 Å². The lowest BCUT2D eigenvalue weighted by molar-refractivity contribution is -0.889. The Hall–Kier alpha value is -0.590. The van der Waals surface area contributed by atoms with Crippen molar-refractivity contribution in [2.75, 3.05) is 21.1 Å². The molecule has 6 heteroatoms. The third kappa shape index (κ3) is 3.70. The topological polar surface area (TPSA) is 60.4 Å². The fourth-order valence-electron chi connectivity index (χ4n) is 1.63. The number of carbonyl (C=O) groups excluding carboxylic acids is 1. The maximum Gasteiger partial charge on any atom is 0.143 e. The molecule has 18 heavy (non-hydrogen) atoms. The number of aromatic hydroxyl groups is 1. The van der Waals surface area contributed by atoms with E-state index in [1.54, 1.807) is 12.1 Å². The summed E-state index contributed by atoms with van der Waals surface area (Å²) in [5.74, 6) is -0.975. The van der Waals surface area contributed by atoms with Crippen LogP contribution in [0, 0.1) is 0 Å². The van der Waals surface area contributed by atoms with Crippen molar-refractivity contribution < 1.29 is 19.5 Å². The Morgan fingerprint density at radius 1 is 1.33 bits per heavy atom. The monoisotopic (exact) mass is 379 g/mol. The first-order chi connectivity index (χ1) is 8.12. The van der Waals surface area contributed by atoms with Crippen molar-refractivity contribution in [2.24, 2.45) is 0 Å². The Kier molecular flexibility index (Phi) is 4.80. The molecule has 0 spiro atoms. The van der Waals surface area contributed by atoms with E-state index in [2.05, 4.69) is 31.9 Å². The molecule has 1 aromatic carbocycles. The van der Waals surface area contributed by atoms with Crippen LogP contribution in [0.1, 0.15) is 5.56 Å². The van der Waals surface area contributed by atoms with Gasteiger partial charge in [-0.3, -0.25) is 0 Å². The highest BCUT2D eigenvalue weighted by Crippen LogP contribution is 2.33. The van der Waals surface area contributed by atoms with E-state index in [1.807, 2.05) is 21.1 Å². The van der Waals surface area contributed by atoms with E-state index >= 15 is 0 Å². The third-order valence-corrected chi connectivity index (χ3v) is 3.92. The van der Waals surface area contributed by atoms with Gasteiger partial charge in [-0.25, -0.2) is 0 Å². The van der Waals surface area contributed by atoms with Crippen LogP contribution >= 0.6 is 31.9 Å². The molecule has 0 aliphatic heterocycles. The minimum Gasteiger partial charge on any atom is -0.544 e. The molecule has 0 heterocycles. The van der Waals surface area contributed by atoms with Crippen molar-refractivity contribution in [2.45, 2.75) is 12.5 Å². The van der Waals surface area contributed by atoms with Crippen LogP contribution in [0.3, 0.4) is 0 Å². The van der Waals surface area contributed by atoms with Gasteiger partial charge in [0.25, 0.3) is 0 Å². The Balaban J connectivity index is 3.06. The number of carboxylic acids is 1. The summed E-state index contributed by atoms with van der Waals surface area (Å²) in [7, 11) is 5.43. The van der Waals surface area contributed by atoms with Gasteiger partial charge < -0.3 is 19.5 Å². The molecule has 0 fully saturated rings. The Labute approximate surface area is 123 Å². The molecule has 1 N–H and O–H groups in total. The normalized spacial score (nSPS) is 13.4. The molecule has 4 nitrogen and oxygen atoms in total. The van der Waals surface area contributed by atoms with E-state index in [1.165, 1.54) is 0 Å². The highest BCUT2D eigenvalue weighted by Gasteiger charge is 2.25. The first-order valence-electron chi connectivity index (χ1n) is 5.31. The van der Waals surface area contributed by atoms with Gasteiger partial charge in [-0.1, -0.05) is 0 Å². The van der Waals surface area contributed by atoms with Gasteiger partial charge in [0.05, 0.1) is 36.1 Å². The molecular weight excluding hydrogens is 366 g/mol. The molecule has 0 unspecified atom stereocenters. The van der Waals surface area contributed by atoms with Crippen LogP contribution in [0.25, 0.3) is 0 Å². The summed E-state index contributed by atoms with van der Waals surface area (Å²) in [5, 5.41) is 20.8. The van der Waals surface area contributed by atoms with Gasteiger partial charge >= 0.3 is 0 Å². The first kappa shape index (κ1) is 15.5. The number of benzene rings is 1. The molecule has 1 atom stereocenters. The number of quaternary nitrogens is 1. The second-order valence-electron chi connectivity index (χ2n) is 5.06. The molecule has 0 amide bonds. The Bertz CT molecular complexity index is 446. The average molecular weight is 381 g/mol. The lowest BCUT2D eigenvalue weighted by Gasteiger charge is -2.34. The molecular formula is C12H15Br2NO3. The molecule has 100 valence electrons. The lowest BCUT2D eigenvalue weighted by Crippen LogP contribution is -2.55. The van der Waals surface area contributed by atoms with Gasteiger partial charge in [-0.05, 0) is 49.6 Å². The van der Waals surface area contributed by atoms with Gasteiger partial charge in [-0.2, -0.15) is 0 Å². The second kappa shape index (κ2) is 5.59. The van der Waals surface area contributed by atoms with Gasteiger partial charge in [0, 0.05) is 6.42 Å². The van der Waals surface area contributed by atoms with Crippen LogP contribution < -0.4 is 5.11 Å². The fraction of sp³-hybridized carbons (Fsp3) is 0.417. The standard InChI is InChI=1S/C12H15Br2NO3/c1-15(2,3)10(12(17)18)6-7-4-8(13)11(16)9(14)5-7/h4-5,10H,6H2,1-3H3,(H-,16,17,18)/t10-/m0/s1. The molecule has 1 rings (SSSR count). The number of nitrogens with zero attached hydrogens (tertiary/aromatic N) is 1. The number of rotatable bonds is 4. The smallest absolute Gasteiger partial charge is 0.143 e. The van der Waals surface area contributed by atoms with E-state index in [9.17, 15) is 15.0 Å². The number of likely N-dealkylation sites (N-methyl/N-ethyl adjacent to an activating group) is 1. The number of phenols is 1. The van der Waals surface area contributed by atoms with Gasteiger partial charge in [0.15, 0.2) is 0 Å². The summed E-state index contributed by atoms with van der Waals surface area (Å²) in [4.78, 5) is 11.2. The molecule has 0 radical (unpaired) electrons. The molecule has 0 saturated heterocycles. The van der Waals surface area contributed by atoms with E-state index in [0.717, 1.165) is 5.56 Å². The number of carboxylic acid groups (broad SMARTS) is 1. The van der Waals surface area contributed by atoms with E-state index in [0.29, 0.717) is 15.4 Å². The highest BCUT2D eigenvalue weighted by molar-refractivity contribution is 9.11. The van der Waals surface area contributed by atoms with Crippen LogP contribution in [0.5, 0.6) is 5.75 Å². The molecule has 0 saturated carbocycles. The molecule has 0 aromatic heterocycles. The van der Waals surface area contributed by atoms with Crippen molar-refractivity contribution in [3.63, 3.8) is 0 Å². The van der Waals surface area contributed by atoms with Gasteiger partial charge in [-0.15, -0.1) is 0 Å². The molecule has 0 aliphatic rings. The number of carbonyl (C=O) groups is 1. The quantitative estimate of drug-likeness (QED) is 0.800. The van der Waals surface area contributed by atoms with E-state index < -0.39 is 12.0 Å². The number of hydrogen-bond donors (Lipinski definition) is 1. The van der Waals surface area contributed by atoms with Crippen molar-refractivity contribution >= 4 is 37.8 Å². The summed E-state index contributed by atoms with van der Waals surface area (Å²) >= 11 is 6.45. The van der Waals surface area contributed by atoms with Crippen LogP contribution in [0.15, 0.2) is 21.1 Å². The van der Waals surface area contributed by atoms with Crippen molar-refractivity contribution in [3.8, 4) is 5.75 Å². The van der Waals surface area contributed by atoms with Crippen LogP contribution in [-0.2, 0) is 11.2 Å². The maximum absolute atomic E-state index is 11.2. The Morgan fingerprint density at radius 2 is 1.78 bits per heavy atom. The third-order valence-electron chi connectivity index (χ3n) is 2.71. The summed E-state index contributed by atoms with van der Waals surface area (Å²) in [5.41, 5.74) is 0.814. The number of hydrogen-bond acceptors (Lipinski definition) is 3. The summed E-state index contributed by atoms with van der Waals surface area (Å²) in [6, 6.07) is 2.78. The highest BCUT2D eigenvalue weighted by atomic mass is 79.9. The summed E-state index contributed by atoms with van der Waals surface area (Å²) in [6.45, 7) is 0. The predicted octanol–water partition coefficient (Wildman–Crippen LogP) is 1.28. The van der Waals surface area contributed by atoms with Crippen molar-refractivity contribution in [1.29, 1.82) is 0 Å². The fourth-order valence-corrected chi connectivity index (χ4v) is 2.91. The van der Waals surface area contributed by atoms with Crippen molar-refractivity contribution in [3.05, 3.63) is 26.6 Å². The van der Waals surface area contributed by atoms with E-state index in [-0.39, 0.29) is 10.2 Å². The number of halogens is 2. The Morgan fingerprint density at radius 3 is 2.11 bits per heavy atom. The SMILES string of the molecule is C[N+](C)(C)[C@@H](Cc1cc(Br)c(O)c(Br)c1)C(=O)[O-]. The predicted molar refractivity (Wildman–Crippen MR) is 74.0 cm³/mol. The summed E-state index contributed by atoms with van der Waals surface area (Å²) in [6.07, 6.45) is 0.337. The molecule has 1 aromatic rings.